The Morgan fingerprint density at radius 1 is 1.14 bits per heavy atom. The van der Waals surface area contributed by atoms with Crippen LogP contribution < -0.4 is 9.47 Å². The van der Waals surface area contributed by atoms with E-state index in [1.54, 1.807) is 0 Å². The van der Waals surface area contributed by atoms with Gasteiger partial charge in [0.2, 0.25) is 0 Å². The zero-order valence-corrected chi connectivity index (χ0v) is 18.0. The summed E-state index contributed by atoms with van der Waals surface area (Å²) in [6, 6.07) is 8.25. The number of nitrogens with zero attached hydrogens (tertiary/aromatic N) is 2. The molecule has 2 rings (SSSR count). The average Bonchev–Trinajstić information content (AvgIpc) is 2.70. The minimum absolute atomic E-state index is 0.0176. The lowest BCUT2D eigenvalue weighted by atomic mass is 9.73. The molecule has 4 heteroatoms. The van der Waals surface area contributed by atoms with Crippen LogP contribution in [0.4, 0.5) is 0 Å². The van der Waals surface area contributed by atoms with Gasteiger partial charge in [-0.2, -0.15) is 10.5 Å². The maximum Gasteiger partial charge on any atom is 0.174 e. The monoisotopic (exact) mass is 392 g/mol. The maximum absolute atomic E-state index is 9.09. The topological polar surface area (TPSA) is 66.0 Å². The summed E-state index contributed by atoms with van der Waals surface area (Å²) in [7, 11) is 0. The SMILES string of the molecule is C=C(C)[C@@H]1CCC(C)=CC1c1c(OCC#N)cc(CCCCC)cc1OCC#N. The fraction of sp³-hybridized carbons (Fsp3) is 0.520. The molecule has 0 amide bonds. The van der Waals surface area contributed by atoms with Gasteiger partial charge in [0.15, 0.2) is 13.2 Å². The smallest absolute Gasteiger partial charge is 0.174 e. The third-order valence-electron chi connectivity index (χ3n) is 5.53. The minimum atomic E-state index is -0.0176. The first-order valence-electron chi connectivity index (χ1n) is 10.5. The third kappa shape index (κ3) is 6.13. The second-order valence-electron chi connectivity index (χ2n) is 7.89. The number of ether oxygens (including phenoxy) is 2. The molecule has 1 aliphatic rings. The number of rotatable bonds is 10. The lowest BCUT2D eigenvalue weighted by Gasteiger charge is -2.32. The van der Waals surface area contributed by atoms with Gasteiger partial charge in [-0.1, -0.05) is 43.6 Å². The van der Waals surface area contributed by atoms with Gasteiger partial charge < -0.3 is 9.47 Å². The average molecular weight is 393 g/mol. The van der Waals surface area contributed by atoms with Crippen molar-refractivity contribution in [2.75, 3.05) is 13.2 Å². The van der Waals surface area contributed by atoms with E-state index in [1.807, 2.05) is 0 Å². The summed E-state index contributed by atoms with van der Waals surface area (Å²) >= 11 is 0. The second-order valence-corrected chi connectivity index (χ2v) is 7.89. The van der Waals surface area contributed by atoms with Gasteiger partial charge in [0.05, 0.1) is 0 Å². The molecule has 0 aliphatic heterocycles. The predicted molar refractivity (Wildman–Crippen MR) is 116 cm³/mol. The van der Waals surface area contributed by atoms with Crippen LogP contribution in [-0.2, 0) is 6.42 Å². The van der Waals surface area contributed by atoms with Crippen LogP contribution in [0.5, 0.6) is 11.5 Å². The number of hydrogen-bond acceptors (Lipinski definition) is 4. The highest BCUT2D eigenvalue weighted by Gasteiger charge is 2.31. The Hall–Kier alpha value is -2.72. The Labute approximate surface area is 175 Å². The summed E-state index contributed by atoms with van der Waals surface area (Å²) in [5, 5.41) is 18.2. The molecular weight excluding hydrogens is 360 g/mol. The number of unbranched alkanes of at least 4 members (excludes halogenated alkanes) is 2. The number of nitriles is 2. The highest BCUT2D eigenvalue weighted by Crippen LogP contribution is 2.47. The van der Waals surface area contributed by atoms with Gasteiger partial charge in [-0.15, -0.1) is 0 Å². The van der Waals surface area contributed by atoms with Crippen LogP contribution >= 0.6 is 0 Å². The van der Waals surface area contributed by atoms with E-state index in [9.17, 15) is 0 Å². The summed E-state index contributed by atoms with van der Waals surface area (Å²) in [5.41, 5.74) is 4.51. The first-order valence-corrected chi connectivity index (χ1v) is 10.5. The van der Waals surface area contributed by atoms with Crippen molar-refractivity contribution in [3.8, 4) is 23.6 Å². The van der Waals surface area contributed by atoms with E-state index < -0.39 is 0 Å². The van der Waals surface area contributed by atoms with E-state index in [-0.39, 0.29) is 25.0 Å². The molecule has 0 N–H and O–H groups in total. The molecule has 2 atom stereocenters. The Bertz CT molecular complexity index is 787. The predicted octanol–water partition coefficient (Wildman–Crippen LogP) is 6.24. The van der Waals surface area contributed by atoms with Crippen molar-refractivity contribution in [1.29, 1.82) is 10.5 Å². The first-order chi connectivity index (χ1) is 14.0. The molecule has 0 heterocycles. The van der Waals surface area contributed by atoms with Crippen molar-refractivity contribution in [2.45, 2.75) is 65.2 Å². The summed E-state index contributed by atoms with van der Waals surface area (Å²) in [5.74, 6) is 1.72. The third-order valence-corrected chi connectivity index (χ3v) is 5.53. The standard InChI is InChI=1S/C25H32N2O2/c1-5-6-7-8-20-16-23(28-13-11-26)25(24(17-20)29-14-12-27)22-15-19(4)9-10-21(22)18(2)3/h15-17,21-22H,2,5-10,13-14H2,1,3-4H3/t21-,22?/m0/s1. The van der Waals surface area contributed by atoms with E-state index >= 15 is 0 Å². The summed E-state index contributed by atoms with van der Waals surface area (Å²) in [6.45, 7) is 10.6. The van der Waals surface area contributed by atoms with Gasteiger partial charge in [-0.25, -0.2) is 0 Å². The molecule has 0 spiro atoms. The maximum atomic E-state index is 9.09. The van der Waals surface area contributed by atoms with E-state index in [0.717, 1.165) is 55.2 Å². The van der Waals surface area contributed by atoms with Crippen molar-refractivity contribution in [3.05, 3.63) is 47.1 Å². The second kappa shape index (κ2) is 11.3. The van der Waals surface area contributed by atoms with E-state index in [0.29, 0.717) is 11.5 Å². The van der Waals surface area contributed by atoms with Crippen LogP contribution in [0.25, 0.3) is 0 Å². The summed E-state index contributed by atoms with van der Waals surface area (Å²) < 4.78 is 11.8. The molecule has 0 aromatic heterocycles. The molecular formula is C25H32N2O2. The minimum Gasteiger partial charge on any atom is -0.478 e. The van der Waals surface area contributed by atoms with Gasteiger partial charge in [0.1, 0.15) is 23.6 Å². The van der Waals surface area contributed by atoms with Gasteiger partial charge >= 0.3 is 0 Å². The highest BCUT2D eigenvalue weighted by molar-refractivity contribution is 5.53. The lowest BCUT2D eigenvalue weighted by Crippen LogP contribution is -2.19. The van der Waals surface area contributed by atoms with Crippen LogP contribution in [0, 0.1) is 28.6 Å². The van der Waals surface area contributed by atoms with Crippen molar-refractivity contribution in [3.63, 3.8) is 0 Å². The van der Waals surface area contributed by atoms with Crippen molar-refractivity contribution >= 4 is 0 Å². The molecule has 1 aliphatic carbocycles. The van der Waals surface area contributed by atoms with Crippen LogP contribution in [0.2, 0.25) is 0 Å². The van der Waals surface area contributed by atoms with Crippen LogP contribution in [0.15, 0.2) is 35.9 Å². The fourth-order valence-corrected chi connectivity index (χ4v) is 4.07. The van der Waals surface area contributed by atoms with Gasteiger partial charge in [-0.05, 0) is 63.1 Å². The van der Waals surface area contributed by atoms with Crippen LogP contribution in [-0.4, -0.2) is 13.2 Å². The molecule has 1 aromatic rings. The van der Waals surface area contributed by atoms with Crippen LogP contribution in [0.3, 0.4) is 0 Å². The Morgan fingerprint density at radius 3 is 2.28 bits per heavy atom. The molecule has 1 aromatic carbocycles. The largest absolute Gasteiger partial charge is 0.478 e. The number of allylic oxidation sites excluding steroid dienone is 3. The molecule has 0 bridgehead atoms. The molecule has 0 fully saturated rings. The highest BCUT2D eigenvalue weighted by atomic mass is 16.5. The van der Waals surface area contributed by atoms with Crippen molar-refractivity contribution in [2.24, 2.45) is 5.92 Å². The molecule has 4 nitrogen and oxygen atoms in total. The number of aryl methyl sites for hydroxylation is 1. The molecule has 29 heavy (non-hydrogen) atoms. The van der Waals surface area contributed by atoms with Crippen LogP contribution in [0.1, 0.15) is 69.9 Å². The fourth-order valence-electron chi connectivity index (χ4n) is 4.07. The Balaban J connectivity index is 2.58. The molecule has 1 unspecified atom stereocenters. The van der Waals surface area contributed by atoms with E-state index in [2.05, 4.69) is 57.7 Å². The Kier molecular flexibility index (Phi) is 8.81. The Morgan fingerprint density at radius 2 is 1.76 bits per heavy atom. The van der Waals surface area contributed by atoms with Gasteiger partial charge in [0, 0.05) is 11.5 Å². The summed E-state index contributed by atoms with van der Waals surface area (Å²) in [4.78, 5) is 0. The van der Waals surface area contributed by atoms with Gasteiger partial charge in [-0.3, -0.25) is 0 Å². The quantitative estimate of drug-likeness (QED) is 0.349. The molecule has 154 valence electrons. The number of hydrogen-bond donors (Lipinski definition) is 0. The van der Waals surface area contributed by atoms with Crippen molar-refractivity contribution < 1.29 is 9.47 Å². The first kappa shape index (κ1) is 22.6. The zero-order chi connectivity index (χ0) is 21.2. The normalized spacial score (nSPS) is 18.3. The van der Waals surface area contributed by atoms with Crippen molar-refractivity contribution in [1.82, 2.24) is 0 Å². The zero-order valence-electron chi connectivity index (χ0n) is 18.0. The number of benzene rings is 1. The lowest BCUT2D eigenvalue weighted by molar-refractivity contribution is 0.331. The van der Waals surface area contributed by atoms with Gasteiger partial charge in [0.25, 0.3) is 0 Å². The molecule has 0 radical (unpaired) electrons. The summed E-state index contributed by atoms with van der Waals surface area (Å²) in [6.07, 6.45) is 8.66. The molecule has 0 saturated heterocycles. The van der Waals surface area contributed by atoms with E-state index in [1.165, 1.54) is 5.57 Å². The molecule has 0 saturated carbocycles. The van der Waals surface area contributed by atoms with E-state index in [4.69, 9.17) is 20.0 Å².